The third-order valence-electron chi connectivity index (χ3n) is 3.33. The third kappa shape index (κ3) is 4.36. The third-order valence-corrected chi connectivity index (χ3v) is 4.41. The lowest BCUT2D eigenvalue weighted by Gasteiger charge is -2.19. The van der Waals surface area contributed by atoms with Crippen molar-refractivity contribution in [3.63, 3.8) is 0 Å². The van der Waals surface area contributed by atoms with Gasteiger partial charge in [0.1, 0.15) is 0 Å². The summed E-state index contributed by atoms with van der Waals surface area (Å²) >= 11 is 1.76. The summed E-state index contributed by atoms with van der Waals surface area (Å²) in [5.74, 6) is -0.0404. The molecule has 0 saturated carbocycles. The van der Waals surface area contributed by atoms with Crippen LogP contribution < -0.4 is 0 Å². The molecule has 0 spiro atoms. The number of rotatable bonds is 4. The van der Waals surface area contributed by atoms with E-state index in [1.54, 1.807) is 23.9 Å². The Bertz CT molecular complexity index is 607. The van der Waals surface area contributed by atoms with Crippen molar-refractivity contribution in [1.29, 1.82) is 0 Å². The highest BCUT2D eigenvalue weighted by Gasteiger charge is 2.12. The SMILES string of the molecule is CC(C)(C)c1ccc(SCc2ccc(C(=O)O)cc2)cc1. The van der Waals surface area contributed by atoms with Gasteiger partial charge in [-0.05, 0) is 40.8 Å². The summed E-state index contributed by atoms with van der Waals surface area (Å²) in [6.45, 7) is 6.62. The number of hydrogen-bond donors (Lipinski definition) is 1. The lowest BCUT2D eigenvalue weighted by atomic mass is 9.87. The number of carbonyl (C=O) groups is 1. The highest BCUT2D eigenvalue weighted by Crippen LogP contribution is 2.27. The molecule has 21 heavy (non-hydrogen) atoms. The number of benzene rings is 2. The molecule has 0 aliphatic carbocycles. The average molecular weight is 300 g/mol. The normalized spacial score (nSPS) is 11.4. The van der Waals surface area contributed by atoms with E-state index in [4.69, 9.17) is 5.11 Å². The Morgan fingerprint density at radius 2 is 1.57 bits per heavy atom. The molecule has 110 valence electrons. The molecular weight excluding hydrogens is 280 g/mol. The molecule has 1 N–H and O–H groups in total. The first kappa shape index (κ1) is 15.6. The van der Waals surface area contributed by atoms with Gasteiger partial charge in [-0.15, -0.1) is 11.8 Å². The van der Waals surface area contributed by atoms with Gasteiger partial charge in [0.05, 0.1) is 5.56 Å². The van der Waals surface area contributed by atoms with Gasteiger partial charge in [0.25, 0.3) is 0 Å². The molecule has 2 aromatic carbocycles. The van der Waals surface area contributed by atoms with E-state index in [-0.39, 0.29) is 5.41 Å². The largest absolute Gasteiger partial charge is 0.478 e. The van der Waals surface area contributed by atoms with Gasteiger partial charge >= 0.3 is 5.97 Å². The monoisotopic (exact) mass is 300 g/mol. The summed E-state index contributed by atoms with van der Waals surface area (Å²) in [4.78, 5) is 12.0. The van der Waals surface area contributed by atoms with Gasteiger partial charge in [-0.25, -0.2) is 4.79 Å². The van der Waals surface area contributed by atoms with Crippen molar-refractivity contribution in [2.45, 2.75) is 36.8 Å². The summed E-state index contributed by atoms with van der Waals surface area (Å²) in [6.07, 6.45) is 0. The summed E-state index contributed by atoms with van der Waals surface area (Å²) in [5.41, 5.74) is 2.97. The van der Waals surface area contributed by atoms with Crippen molar-refractivity contribution in [3.8, 4) is 0 Å². The number of thioether (sulfide) groups is 1. The van der Waals surface area contributed by atoms with Crippen molar-refractivity contribution in [1.82, 2.24) is 0 Å². The zero-order chi connectivity index (χ0) is 15.5. The number of carboxylic acid groups (broad SMARTS) is 1. The van der Waals surface area contributed by atoms with Gasteiger partial charge in [-0.1, -0.05) is 45.0 Å². The average Bonchev–Trinajstić information content (AvgIpc) is 2.45. The van der Waals surface area contributed by atoms with Gasteiger partial charge in [0.15, 0.2) is 0 Å². The molecular formula is C18H20O2S. The van der Waals surface area contributed by atoms with Gasteiger partial charge in [-0.3, -0.25) is 0 Å². The number of carboxylic acids is 1. The van der Waals surface area contributed by atoms with E-state index in [1.165, 1.54) is 10.5 Å². The Morgan fingerprint density at radius 3 is 2.05 bits per heavy atom. The molecule has 3 heteroatoms. The molecule has 0 saturated heterocycles. The Hall–Kier alpha value is -1.74. The Morgan fingerprint density at radius 1 is 1.00 bits per heavy atom. The van der Waals surface area contributed by atoms with Gasteiger partial charge in [0.2, 0.25) is 0 Å². The van der Waals surface area contributed by atoms with Crippen molar-refractivity contribution in [2.24, 2.45) is 0 Å². The summed E-state index contributed by atoms with van der Waals surface area (Å²) in [6, 6.07) is 15.7. The zero-order valence-electron chi connectivity index (χ0n) is 12.6. The molecule has 0 aliphatic heterocycles. The van der Waals surface area contributed by atoms with E-state index in [0.717, 1.165) is 11.3 Å². The molecule has 2 rings (SSSR count). The van der Waals surface area contributed by atoms with Crippen LogP contribution in [0.3, 0.4) is 0 Å². The molecule has 2 nitrogen and oxygen atoms in total. The van der Waals surface area contributed by atoms with Crippen LogP contribution in [0.5, 0.6) is 0 Å². The minimum atomic E-state index is -0.882. The van der Waals surface area contributed by atoms with Crippen molar-refractivity contribution < 1.29 is 9.90 Å². The fourth-order valence-corrected chi connectivity index (χ4v) is 2.82. The molecule has 0 aromatic heterocycles. The quantitative estimate of drug-likeness (QED) is 0.810. The zero-order valence-corrected chi connectivity index (χ0v) is 13.4. The smallest absolute Gasteiger partial charge is 0.335 e. The van der Waals surface area contributed by atoms with Crippen LogP contribution in [0.2, 0.25) is 0 Å². The maximum absolute atomic E-state index is 10.8. The molecule has 0 radical (unpaired) electrons. The second kappa shape index (κ2) is 6.35. The van der Waals surface area contributed by atoms with E-state index in [1.807, 2.05) is 12.1 Å². The minimum absolute atomic E-state index is 0.176. The van der Waals surface area contributed by atoms with Gasteiger partial charge in [-0.2, -0.15) is 0 Å². The second-order valence-corrected chi connectivity index (χ2v) is 7.11. The molecule has 0 bridgehead atoms. The first-order valence-corrected chi connectivity index (χ1v) is 7.90. The van der Waals surface area contributed by atoms with Gasteiger partial charge < -0.3 is 5.11 Å². The van der Waals surface area contributed by atoms with Crippen LogP contribution in [0, 0.1) is 0 Å². The standard InChI is InChI=1S/C18H20O2S/c1-18(2,3)15-8-10-16(11-9-15)21-12-13-4-6-14(7-5-13)17(19)20/h4-11H,12H2,1-3H3,(H,19,20). The number of aromatic carboxylic acids is 1. The van der Waals surface area contributed by atoms with Crippen LogP contribution in [-0.2, 0) is 11.2 Å². The Labute approximate surface area is 130 Å². The van der Waals surface area contributed by atoms with Gasteiger partial charge in [0, 0.05) is 10.6 Å². The van der Waals surface area contributed by atoms with Crippen molar-refractivity contribution in [2.75, 3.05) is 0 Å². The van der Waals surface area contributed by atoms with Crippen LogP contribution in [-0.4, -0.2) is 11.1 Å². The first-order valence-electron chi connectivity index (χ1n) is 6.92. The maximum Gasteiger partial charge on any atom is 0.335 e. The molecule has 0 atom stereocenters. The van der Waals surface area contributed by atoms with Crippen molar-refractivity contribution in [3.05, 3.63) is 65.2 Å². The minimum Gasteiger partial charge on any atom is -0.478 e. The van der Waals surface area contributed by atoms with Crippen LogP contribution in [0.1, 0.15) is 42.3 Å². The molecule has 2 aromatic rings. The molecule has 0 unspecified atom stereocenters. The predicted molar refractivity (Wildman–Crippen MR) is 88.1 cm³/mol. The van der Waals surface area contributed by atoms with Crippen LogP contribution in [0.15, 0.2) is 53.4 Å². The van der Waals surface area contributed by atoms with Crippen LogP contribution in [0.25, 0.3) is 0 Å². The topological polar surface area (TPSA) is 37.3 Å². The van der Waals surface area contributed by atoms with Crippen LogP contribution in [0.4, 0.5) is 0 Å². The summed E-state index contributed by atoms with van der Waals surface area (Å²) in [7, 11) is 0. The Kier molecular flexibility index (Phi) is 4.73. The maximum atomic E-state index is 10.8. The summed E-state index contributed by atoms with van der Waals surface area (Å²) in [5, 5.41) is 8.87. The molecule has 0 aliphatic rings. The first-order chi connectivity index (χ1) is 9.86. The fourth-order valence-electron chi connectivity index (χ4n) is 1.96. The molecule has 0 amide bonds. The lowest BCUT2D eigenvalue weighted by Crippen LogP contribution is -2.10. The van der Waals surface area contributed by atoms with Crippen molar-refractivity contribution >= 4 is 17.7 Å². The fraction of sp³-hybridized carbons (Fsp3) is 0.278. The summed E-state index contributed by atoms with van der Waals surface area (Å²) < 4.78 is 0. The molecule has 0 heterocycles. The Balaban J connectivity index is 1.98. The second-order valence-electron chi connectivity index (χ2n) is 6.07. The number of hydrogen-bond acceptors (Lipinski definition) is 2. The lowest BCUT2D eigenvalue weighted by molar-refractivity contribution is 0.0697. The molecule has 0 fully saturated rings. The van der Waals surface area contributed by atoms with E-state index in [9.17, 15) is 4.79 Å². The highest BCUT2D eigenvalue weighted by atomic mass is 32.2. The van der Waals surface area contributed by atoms with Crippen LogP contribution >= 0.6 is 11.8 Å². The highest BCUT2D eigenvalue weighted by molar-refractivity contribution is 7.98. The van der Waals surface area contributed by atoms with E-state index in [2.05, 4.69) is 45.0 Å². The predicted octanol–water partition coefficient (Wildman–Crippen LogP) is 4.97. The van der Waals surface area contributed by atoms with E-state index in [0.29, 0.717) is 5.56 Å². The van der Waals surface area contributed by atoms with E-state index >= 15 is 0 Å². The van der Waals surface area contributed by atoms with E-state index < -0.39 is 5.97 Å².